The monoisotopic (exact) mass is 736 g/mol. The second kappa shape index (κ2) is 11.9. The summed E-state index contributed by atoms with van der Waals surface area (Å²) in [6.45, 7) is 0. The van der Waals surface area contributed by atoms with E-state index in [-0.39, 0.29) is 0 Å². The van der Waals surface area contributed by atoms with Crippen molar-refractivity contribution in [2.45, 2.75) is 0 Å². The van der Waals surface area contributed by atoms with Crippen molar-refractivity contribution in [2.24, 2.45) is 0 Å². The van der Waals surface area contributed by atoms with Crippen molar-refractivity contribution >= 4 is 97.7 Å². The van der Waals surface area contributed by atoms with Gasteiger partial charge in [0.05, 0.1) is 0 Å². The largest absolute Gasteiger partial charge is 0.456 e. The number of benzene rings is 11. The van der Waals surface area contributed by atoms with E-state index in [2.05, 4.69) is 182 Å². The van der Waals surface area contributed by atoms with Crippen molar-refractivity contribution in [1.29, 1.82) is 0 Å². The van der Waals surface area contributed by atoms with Crippen LogP contribution < -0.4 is 0 Å². The summed E-state index contributed by atoms with van der Waals surface area (Å²) in [5.74, 6) is 0. The molecule has 0 unspecified atom stereocenters. The van der Waals surface area contributed by atoms with Crippen LogP contribution in [0.3, 0.4) is 0 Å². The van der Waals surface area contributed by atoms with Gasteiger partial charge in [0.1, 0.15) is 22.3 Å². The lowest BCUT2D eigenvalue weighted by Crippen LogP contribution is -1.93. The van der Waals surface area contributed by atoms with Crippen LogP contribution in [0.1, 0.15) is 0 Å². The van der Waals surface area contributed by atoms with Crippen LogP contribution in [-0.4, -0.2) is 0 Å². The molecule has 0 aliphatic rings. The molecule has 0 saturated carbocycles. The number of furan rings is 2. The molecule has 58 heavy (non-hydrogen) atoms. The molecule has 0 fully saturated rings. The third kappa shape index (κ3) is 4.37. The van der Waals surface area contributed by atoms with Gasteiger partial charge in [-0.05, 0) is 105 Å². The topological polar surface area (TPSA) is 26.3 Å². The van der Waals surface area contributed by atoms with E-state index in [1.165, 1.54) is 81.7 Å². The number of rotatable bonds is 3. The van der Waals surface area contributed by atoms with Crippen LogP contribution in [0.15, 0.2) is 203 Å². The van der Waals surface area contributed by atoms with E-state index in [0.29, 0.717) is 0 Å². The smallest absolute Gasteiger partial charge is 0.139 e. The molecule has 13 aromatic rings. The summed E-state index contributed by atoms with van der Waals surface area (Å²) in [7, 11) is 0. The maximum absolute atomic E-state index is 6.74. The van der Waals surface area contributed by atoms with Crippen LogP contribution >= 0.6 is 0 Å². The Hall–Kier alpha value is -7.68. The third-order valence-electron chi connectivity index (χ3n) is 12.5. The number of hydrogen-bond donors (Lipinski definition) is 0. The Kier molecular flexibility index (Phi) is 6.47. The van der Waals surface area contributed by atoms with Gasteiger partial charge in [-0.3, -0.25) is 0 Å². The minimum absolute atomic E-state index is 0.828. The maximum Gasteiger partial charge on any atom is 0.139 e. The molecule has 2 heterocycles. The lowest BCUT2D eigenvalue weighted by atomic mass is 9.82. The minimum Gasteiger partial charge on any atom is -0.456 e. The van der Waals surface area contributed by atoms with E-state index < -0.39 is 0 Å². The number of fused-ring (bicyclic) bond motifs is 12. The van der Waals surface area contributed by atoms with E-state index in [0.717, 1.165) is 49.4 Å². The lowest BCUT2D eigenvalue weighted by Gasteiger charge is -2.20. The highest BCUT2D eigenvalue weighted by molar-refractivity contribution is 6.28. The Morgan fingerprint density at radius 3 is 1.38 bits per heavy atom. The first-order chi connectivity index (χ1) is 28.8. The summed E-state index contributed by atoms with van der Waals surface area (Å²) in [6.07, 6.45) is 0. The fraction of sp³-hybridized carbons (Fsp3) is 0. The molecule has 13 rings (SSSR count). The molecule has 0 N–H and O–H groups in total. The van der Waals surface area contributed by atoms with Gasteiger partial charge in [-0.1, -0.05) is 170 Å². The molecule has 11 aromatic carbocycles. The van der Waals surface area contributed by atoms with Crippen molar-refractivity contribution in [3.05, 3.63) is 194 Å². The lowest BCUT2D eigenvalue weighted by molar-refractivity contribution is 0.656. The van der Waals surface area contributed by atoms with Gasteiger partial charge >= 0.3 is 0 Å². The Balaban J connectivity index is 1.08. The average molecular weight is 737 g/mol. The summed E-state index contributed by atoms with van der Waals surface area (Å²) in [5, 5.41) is 16.7. The summed E-state index contributed by atoms with van der Waals surface area (Å²) >= 11 is 0. The number of hydrogen-bond acceptors (Lipinski definition) is 2. The first-order valence-corrected chi connectivity index (χ1v) is 19.9. The Bertz CT molecular complexity index is 3800. The normalized spacial score (nSPS) is 12.1. The SMILES string of the molecule is c1ccc2c(-c3c4ccccc4c(-c4ccc(-c5cc6oc7cc8oc9ccccc9c8cc7c6c6ccccc56)c5ccccc45)c4ccccc34)cccc2c1. The van der Waals surface area contributed by atoms with Gasteiger partial charge in [0.15, 0.2) is 0 Å². The van der Waals surface area contributed by atoms with Crippen molar-refractivity contribution < 1.29 is 8.83 Å². The molecule has 2 aromatic heterocycles. The molecule has 0 saturated heterocycles. The maximum atomic E-state index is 6.74. The van der Waals surface area contributed by atoms with Gasteiger partial charge in [0, 0.05) is 27.6 Å². The molecule has 2 heteroatoms. The zero-order valence-electron chi connectivity index (χ0n) is 31.3. The van der Waals surface area contributed by atoms with Crippen LogP contribution in [0.4, 0.5) is 0 Å². The molecule has 268 valence electrons. The molecule has 0 spiro atoms. The van der Waals surface area contributed by atoms with Crippen molar-refractivity contribution in [3.8, 4) is 33.4 Å². The quantitative estimate of drug-likeness (QED) is 0.169. The molecular weight excluding hydrogens is 705 g/mol. The Labute approximate surface area is 332 Å². The first-order valence-electron chi connectivity index (χ1n) is 19.9. The average Bonchev–Trinajstić information content (AvgIpc) is 3.84. The van der Waals surface area contributed by atoms with E-state index in [9.17, 15) is 0 Å². The van der Waals surface area contributed by atoms with Gasteiger partial charge in [-0.25, -0.2) is 0 Å². The van der Waals surface area contributed by atoms with Gasteiger partial charge in [-0.15, -0.1) is 0 Å². The second-order valence-corrected chi connectivity index (χ2v) is 15.5. The third-order valence-corrected chi connectivity index (χ3v) is 12.5. The van der Waals surface area contributed by atoms with Crippen molar-refractivity contribution in [3.63, 3.8) is 0 Å². The fourth-order valence-corrected chi connectivity index (χ4v) is 9.99. The predicted octanol–water partition coefficient (Wildman–Crippen LogP) is 16.3. The van der Waals surface area contributed by atoms with Crippen molar-refractivity contribution in [2.75, 3.05) is 0 Å². The second-order valence-electron chi connectivity index (χ2n) is 15.5. The van der Waals surface area contributed by atoms with Crippen LogP contribution in [-0.2, 0) is 0 Å². The zero-order chi connectivity index (χ0) is 37.9. The van der Waals surface area contributed by atoms with Gasteiger partial charge in [0.2, 0.25) is 0 Å². The summed E-state index contributed by atoms with van der Waals surface area (Å²) in [6, 6.07) is 70.5. The molecule has 0 amide bonds. The van der Waals surface area contributed by atoms with Gasteiger partial charge in [-0.2, -0.15) is 0 Å². The van der Waals surface area contributed by atoms with E-state index in [1.54, 1.807) is 0 Å². The molecule has 0 radical (unpaired) electrons. The highest BCUT2D eigenvalue weighted by atomic mass is 16.3. The van der Waals surface area contributed by atoms with E-state index >= 15 is 0 Å². The van der Waals surface area contributed by atoms with Crippen LogP contribution in [0, 0.1) is 0 Å². The van der Waals surface area contributed by atoms with Crippen LogP contribution in [0.5, 0.6) is 0 Å². The predicted molar refractivity (Wildman–Crippen MR) is 245 cm³/mol. The van der Waals surface area contributed by atoms with E-state index in [4.69, 9.17) is 8.83 Å². The Morgan fingerprint density at radius 2 is 0.690 bits per heavy atom. The van der Waals surface area contributed by atoms with Crippen LogP contribution in [0.2, 0.25) is 0 Å². The van der Waals surface area contributed by atoms with Gasteiger partial charge < -0.3 is 8.83 Å². The van der Waals surface area contributed by atoms with Crippen molar-refractivity contribution in [1.82, 2.24) is 0 Å². The van der Waals surface area contributed by atoms with E-state index in [1.807, 2.05) is 12.1 Å². The number of para-hydroxylation sites is 1. The van der Waals surface area contributed by atoms with Crippen LogP contribution in [0.25, 0.3) is 131 Å². The molecule has 2 nitrogen and oxygen atoms in total. The molecule has 0 bridgehead atoms. The molecule has 0 aliphatic carbocycles. The summed E-state index contributed by atoms with van der Waals surface area (Å²) in [5.41, 5.74) is 10.8. The highest BCUT2D eigenvalue weighted by Gasteiger charge is 2.22. The van der Waals surface area contributed by atoms with Gasteiger partial charge in [0.25, 0.3) is 0 Å². The standard InChI is InChI=1S/C56H32O2/c1-2-16-34-33(14-1)15-13-26-40(34)54-42-22-7-9-24-44(42)55(45-25-10-8-23-43(45)54)46-29-28-38(35-17-3-4-18-36(35)46)47-31-53-56(41-21-6-5-19-37(41)47)49-30-48-39-20-11-12-27-50(39)57-51(48)32-52(49)58-53/h1-32H. The summed E-state index contributed by atoms with van der Waals surface area (Å²) in [4.78, 5) is 0. The first kappa shape index (κ1) is 31.5. The molecular formula is C56H32O2. The highest BCUT2D eigenvalue weighted by Crippen LogP contribution is 2.49. The Morgan fingerprint density at radius 1 is 0.224 bits per heavy atom. The molecule has 0 aliphatic heterocycles. The zero-order valence-corrected chi connectivity index (χ0v) is 31.3. The molecule has 0 atom stereocenters. The minimum atomic E-state index is 0.828. The fourth-order valence-electron chi connectivity index (χ4n) is 9.99. The summed E-state index contributed by atoms with van der Waals surface area (Å²) < 4.78 is 13.0.